The molecule has 0 aliphatic heterocycles. The first kappa shape index (κ1) is 25.4. The zero-order valence-corrected chi connectivity index (χ0v) is 19.8. The molecule has 0 heterocycles. The van der Waals surface area contributed by atoms with Gasteiger partial charge in [-0.25, -0.2) is 13.2 Å². The Hall–Kier alpha value is -4.25. The maximum atomic E-state index is 13.2. The first-order chi connectivity index (χ1) is 16.6. The van der Waals surface area contributed by atoms with Crippen LogP contribution in [-0.2, 0) is 19.6 Å². The Morgan fingerprint density at radius 3 is 2.37 bits per heavy atom. The van der Waals surface area contributed by atoms with Crippen LogP contribution in [0.1, 0.15) is 24.2 Å². The van der Waals surface area contributed by atoms with Gasteiger partial charge in [-0.3, -0.25) is 19.2 Å². The predicted octanol–water partition coefficient (Wildman–Crippen LogP) is 3.99. The van der Waals surface area contributed by atoms with Crippen LogP contribution in [0, 0.1) is 10.1 Å². The van der Waals surface area contributed by atoms with E-state index in [1.807, 2.05) is 0 Å². The summed E-state index contributed by atoms with van der Waals surface area (Å²) in [4.78, 5) is 35.2. The summed E-state index contributed by atoms with van der Waals surface area (Å²) in [6.07, 6.45) is -1.25. The van der Waals surface area contributed by atoms with Crippen molar-refractivity contribution in [3.05, 3.63) is 94.5 Å². The Balaban J connectivity index is 1.74. The standard InChI is InChI=1S/C24H23N3O7S/c1-3-26(20-11-5-4-6-12-20)35(32,33)22-14-7-9-18(15-22)24(29)34-17(2)23(28)25-19-10-8-13-21(16-19)27(30)31/h4-17H,3H2,1-2H3,(H,25,28)/t17-/m0/s1. The second-order valence-electron chi connectivity index (χ2n) is 7.38. The third-order valence-electron chi connectivity index (χ3n) is 4.97. The first-order valence-corrected chi connectivity index (χ1v) is 12.0. The van der Waals surface area contributed by atoms with Crippen LogP contribution in [0.2, 0.25) is 0 Å². The van der Waals surface area contributed by atoms with E-state index < -0.39 is 32.9 Å². The summed E-state index contributed by atoms with van der Waals surface area (Å²) in [5.74, 6) is -1.60. The van der Waals surface area contributed by atoms with Crippen LogP contribution in [0.25, 0.3) is 0 Å². The molecule has 3 aromatic rings. The second-order valence-corrected chi connectivity index (χ2v) is 9.24. The number of nitro benzene ring substituents is 1. The number of nitro groups is 1. The Labute approximate surface area is 202 Å². The van der Waals surface area contributed by atoms with Gasteiger partial charge in [0, 0.05) is 24.4 Å². The minimum absolute atomic E-state index is 0.0508. The van der Waals surface area contributed by atoms with Crippen molar-refractivity contribution in [2.75, 3.05) is 16.2 Å². The van der Waals surface area contributed by atoms with Crippen molar-refractivity contribution >= 4 is 39.0 Å². The molecular weight excluding hydrogens is 474 g/mol. The van der Waals surface area contributed by atoms with E-state index in [2.05, 4.69) is 5.32 Å². The van der Waals surface area contributed by atoms with Gasteiger partial charge in [-0.2, -0.15) is 0 Å². The molecule has 1 atom stereocenters. The average molecular weight is 498 g/mol. The predicted molar refractivity (Wildman–Crippen MR) is 130 cm³/mol. The van der Waals surface area contributed by atoms with Gasteiger partial charge in [0.1, 0.15) is 0 Å². The van der Waals surface area contributed by atoms with Crippen LogP contribution in [0.4, 0.5) is 17.1 Å². The number of hydrogen-bond acceptors (Lipinski definition) is 7. The average Bonchev–Trinajstić information content (AvgIpc) is 2.85. The van der Waals surface area contributed by atoms with Crippen LogP contribution in [0.5, 0.6) is 0 Å². The maximum Gasteiger partial charge on any atom is 0.338 e. The number of esters is 1. The number of nitrogens with zero attached hydrogens (tertiary/aromatic N) is 2. The Kier molecular flexibility index (Phi) is 7.82. The van der Waals surface area contributed by atoms with E-state index in [4.69, 9.17) is 4.74 Å². The molecule has 0 unspecified atom stereocenters. The lowest BCUT2D eigenvalue weighted by Crippen LogP contribution is -2.31. The lowest BCUT2D eigenvalue weighted by atomic mass is 10.2. The van der Waals surface area contributed by atoms with Crippen molar-refractivity contribution < 1.29 is 27.7 Å². The number of carbonyl (C=O) groups excluding carboxylic acids is 2. The lowest BCUT2D eigenvalue weighted by Gasteiger charge is -2.23. The van der Waals surface area contributed by atoms with Crippen LogP contribution < -0.4 is 9.62 Å². The highest BCUT2D eigenvalue weighted by Gasteiger charge is 2.26. The second kappa shape index (κ2) is 10.8. The number of non-ortho nitro benzene ring substituents is 1. The molecule has 10 nitrogen and oxygen atoms in total. The highest BCUT2D eigenvalue weighted by Crippen LogP contribution is 2.24. The van der Waals surface area contributed by atoms with E-state index in [0.29, 0.717) is 5.69 Å². The van der Waals surface area contributed by atoms with Gasteiger partial charge >= 0.3 is 5.97 Å². The van der Waals surface area contributed by atoms with Crippen molar-refractivity contribution in [2.45, 2.75) is 24.8 Å². The molecular formula is C24H23N3O7S. The van der Waals surface area contributed by atoms with Crippen LogP contribution in [0.3, 0.4) is 0 Å². The van der Waals surface area contributed by atoms with E-state index in [1.165, 1.54) is 59.8 Å². The summed E-state index contributed by atoms with van der Waals surface area (Å²) in [7, 11) is -3.97. The van der Waals surface area contributed by atoms with Crippen molar-refractivity contribution in [3.8, 4) is 0 Å². The van der Waals surface area contributed by atoms with Gasteiger partial charge in [0.2, 0.25) is 0 Å². The smallest absolute Gasteiger partial charge is 0.338 e. The molecule has 0 bridgehead atoms. The fraction of sp³-hybridized carbons (Fsp3) is 0.167. The maximum absolute atomic E-state index is 13.2. The fourth-order valence-corrected chi connectivity index (χ4v) is 4.74. The quantitative estimate of drug-likeness (QED) is 0.268. The number of para-hydroxylation sites is 1. The Morgan fingerprint density at radius 1 is 1.03 bits per heavy atom. The highest BCUT2D eigenvalue weighted by molar-refractivity contribution is 7.92. The van der Waals surface area contributed by atoms with Crippen LogP contribution in [-0.4, -0.2) is 37.9 Å². The molecule has 0 saturated carbocycles. The van der Waals surface area contributed by atoms with Gasteiger partial charge in [-0.1, -0.05) is 30.3 Å². The number of ether oxygens (including phenoxy) is 1. The minimum Gasteiger partial charge on any atom is -0.449 e. The number of amides is 1. The van der Waals surface area contributed by atoms with Gasteiger partial charge in [0.05, 0.1) is 21.1 Å². The topological polar surface area (TPSA) is 136 Å². The normalized spacial score (nSPS) is 11.8. The van der Waals surface area contributed by atoms with E-state index in [0.717, 1.165) is 0 Å². The van der Waals surface area contributed by atoms with E-state index in [9.17, 15) is 28.1 Å². The van der Waals surface area contributed by atoms with Gasteiger partial charge < -0.3 is 10.1 Å². The van der Waals surface area contributed by atoms with Crippen molar-refractivity contribution in [3.63, 3.8) is 0 Å². The number of anilines is 2. The molecule has 35 heavy (non-hydrogen) atoms. The molecule has 0 aliphatic rings. The lowest BCUT2D eigenvalue weighted by molar-refractivity contribution is -0.384. The highest BCUT2D eigenvalue weighted by atomic mass is 32.2. The van der Waals surface area contributed by atoms with Crippen molar-refractivity contribution in [1.82, 2.24) is 0 Å². The van der Waals surface area contributed by atoms with E-state index >= 15 is 0 Å². The van der Waals surface area contributed by atoms with Gasteiger partial charge in [0.15, 0.2) is 6.10 Å². The van der Waals surface area contributed by atoms with Crippen molar-refractivity contribution in [1.29, 1.82) is 0 Å². The van der Waals surface area contributed by atoms with E-state index in [1.54, 1.807) is 37.3 Å². The molecule has 182 valence electrons. The molecule has 0 saturated heterocycles. The molecule has 1 N–H and O–H groups in total. The van der Waals surface area contributed by atoms with Gasteiger partial charge in [-0.15, -0.1) is 0 Å². The molecule has 1 amide bonds. The first-order valence-electron chi connectivity index (χ1n) is 10.6. The molecule has 0 radical (unpaired) electrons. The largest absolute Gasteiger partial charge is 0.449 e. The van der Waals surface area contributed by atoms with Gasteiger partial charge in [-0.05, 0) is 50.2 Å². The van der Waals surface area contributed by atoms with Crippen molar-refractivity contribution in [2.24, 2.45) is 0 Å². The summed E-state index contributed by atoms with van der Waals surface area (Å²) >= 11 is 0. The third kappa shape index (κ3) is 6.01. The van der Waals surface area contributed by atoms with Gasteiger partial charge in [0.25, 0.3) is 21.6 Å². The number of carbonyl (C=O) groups is 2. The van der Waals surface area contributed by atoms with Crippen LogP contribution in [0.15, 0.2) is 83.8 Å². The number of rotatable bonds is 9. The van der Waals surface area contributed by atoms with E-state index in [-0.39, 0.29) is 28.4 Å². The summed E-state index contributed by atoms with van der Waals surface area (Å²) in [5, 5.41) is 13.3. The summed E-state index contributed by atoms with van der Waals surface area (Å²) in [6, 6.07) is 19.2. The number of hydrogen-bond donors (Lipinski definition) is 1. The monoisotopic (exact) mass is 497 g/mol. The SMILES string of the molecule is CCN(c1ccccc1)S(=O)(=O)c1cccc(C(=O)O[C@@H](C)C(=O)Nc2cccc([N+](=O)[O-])c2)c1. The zero-order chi connectivity index (χ0) is 25.6. The Bertz CT molecular complexity index is 1340. The minimum atomic E-state index is -3.97. The summed E-state index contributed by atoms with van der Waals surface area (Å²) in [5.41, 5.74) is 0.391. The Morgan fingerprint density at radius 2 is 1.71 bits per heavy atom. The summed E-state index contributed by atoms with van der Waals surface area (Å²) in [6.45, 7) is 3.21. The molecule has 0 spiro atoms. The number of benzene rings is 3. The number of sulfonamides is 1. The summed E-state index contributed by atoms with van der Waals surface area (Å²) < 4.78 is 32.8. The third-order valence-corrected chi connectivity index (χ3v) is 6.87. The number of nitrogens with one attached hydrogen (secondary N) is 1. The zero-order valence-electron chi connectivity index (χ0n) is 19.0. The van der Waals surface area contributed by atoms with Crippen LogP contribution >= 0.6 is 0 Å². The molecule has 3 aromatic carbocycles. The molecule has 0 aromatic heterocycles. The molecule has 0 fully saturated rings. The molecule has 11 heteroatoms. The molecule has 3 rings (SSSR count). The molecule has 0 aliphatic carbocycles. The fourth-order valence-electron chi connectivity index (χ4n) is 3.22.